The Morgan fingerprint density at radius 1 is 1.38 bits per heavy atom. The van der Waals surface area contributed by atoms with Gasteiger partial charge in [0.05, 0.1) is 16.8 Å². The molecule has 0 bridgehead atoms. The molecule has 2 heterocycles. The highest BCUT2D eigenvalue weighted by Gasteiger charge is 2.16. The van der Waals surface area contributed by atoms with Crippen molar-refractivity contribution in [2.24, 2.45) is 7.05 Å². The molecule has 0 aliphatic heterocycles. The summed E-state index contributed by atoms with van der Waals surface area (Å²) in [5.74, 6) is 1.36. The predicted octanol–water partition coefficient (Wildman–Crippen LogP) is 2.42. The molecule has 0 aromatic carbocycles. The number of carbonyl (C=O) groups is 1. The standard InChI is InChI=1S/C12H14N2O2/c1-7-12(8(2)14(4)13-7)11-5-10(6-15)9(3)16-11/h5-6H,1-4H3. The van der Waals surface area contributed by atoms with Crippen LogP contribution in [-0.2, 0) is 7.05 Å². The van der Waals surface area contributed by atoms with E-state index in [-0.39, 0.29) is 0 Å². The molecule has 0 radical (unpaired) electrons. The Hall–Kier alpha value is -1.84. The molecule has 84 valence electrons. The van der Waals surface area contributed by atoms with Gasteiger partial charge in [0, 0.05) is 12.7 Å². The largest absolute Gasteiger partial charge is 0.460 e. The van der Waals surface area contributed by atoms with Crippen LogP contribution >= 0.6 is 0 Å². The van der Waals surface area contributed by atoms with Crippen LogP contribution in [-0.4, -0.2) is 16.1 Å². The number of furan rings is 1. The zero-order valence-electron chi connectivity index (χ0n) is 9.87. The van der Waals surface area contributed by atoms with Crippen molar-refractivity contribution in [3.63, 3.8) is 0 Å². The molecule has 2 aromatic heterocycles. The fourth-order valence-corrected chi connectivity index (χ4v) is 1.87. The van der Waals surface area contributed by atoms with E-state index in [1.54, 1.807) is 13.0 Å². The molecule has 0 saturated carbocycles. The maximum Gasteiger partial charge on any atom is 0.153 e. The van der Waals surface area contributed by atoms with Crippen molar-refractivity contribution >= 4 is 6.29 Å². The normalized spacial score (nSPS) is 10.8. The van der Waals surface area contributed by atoms with E-state index in [1.807, 2.05) is 25.6 Å². The number of nitrogens with zero attached hydrogens (tertiary/aromatic N) is 2. The highest BCUT2D eigenvalue weighted by atomic mass is 16.3. The van der Waals surface area contributed by atoms with E-state index in [4.69, 9.17) is 4.42 Å². The molecule has 0 aliphatic carbocycles. The SMILES string of the molecule is Cc1nn(C)c(C)c1-c1cc(C=O)c(C)o1. The van der Waals surface area contributed by atoms with Crippen LogP contribution in [0.4, 0.5) is 0 Å². The summed E-state index contributed by atoms with van der Waals surface area (Å²) in [6.45, 7) is 5.70. The Labute approximate surface area is 93.9 Å². The van der Waals surface area contributed by atoms with Crippen molar-refractivity contribution in [3.05, 3.63) is 28.8 Å². The average molecular weight is 218 g/mol. The fraction of sp³-hybridized carbons (Fsp3) is 0.333. The first-order valence-electron chi connectivity index (χ1n) is 5.10. The Balaban J connectivity index is 2.62. The minimum atomic E-state index is 0.595. The summed E-state index contributed by atoms with van der Waals surface area (Å²) in [6, 6.07) is 1.76. The first kappa shape index (κ1) is 10.7. The Bertz CT molecular complexity index is 550. The molecule has 2 rings (SSSR count). The fourth-order valence-electron chi connectivity index (χ4n) is 1.87. The molecule has 0 atom stereocenters. The minimum absolute atomic E-state index is 0.595. The lowest BCUT2D eigenvalue weighted by atomic mass is 10.1. The van der Waals surface area contributed by atoms with E-state index >= 15 is 0 Å². The third kappa shape index (κ3) is 1.46. The zero-order valence-corrected chi connectivity index (χ0v) is 9.87. The highest BCUT2D eigenvalue weighted by molar-refractivity contribution is 5.79. The molecular weight excluding hydrogens is 204 g/mol. The van der Waals surface area contributed by atoms with Crippen molar-refractivity contribution in [1.82, 2.24) is 9.78 Å². The molecule has 0 aliphatic rings. The number of hydrogen-bond acceptors (Lipinski definition) is 3. The summed E-state index contributed by atoms with van der Waals surface area (Å²) >= 11 is 0. The lowest BCUT2D eigenvalue weighted by Crippen LogP contribution is -1.92. The molecule has 0 saturated heterocycles. The van der Waals surface area contributed by atoms with E-state index in [9.17, 15) is 4.79 Å². The van der Waals surface area contributed by atoms with E-state index < -0.39 is 0 Å². The van der Waals surface area contributed by atoms with Gasteiger partial charge in [0.2, 0.25) is 0 Å². The second-order valence-corrected chi connectivity index (χ2v) is 3.91. The second kappa shape index (κ2) is 3.63. The van der Waals surface area contributed by atoms with Crippen molar-refractivity contribution < 1.29 is 9.21 Å². The maximum atomic E-state index is 10.8. The quantitative estimate of drug-likeness (QED) is 0.727. The summed E-state index contributed by atoms with van der Waals surface area (Å²) < 4.78 is 7.39. The van der Waals surface area contributed by atoms with Crippen LogP contribution in [0, 0.1) is 20.8 Å². The maximum absolute atomic E-state index is 10.8. The minimum Gasteiger partial charge on any atom is -0.460 e. The number of aldehydes is 1. The van der Waals surface area contributed by atoms with Gasteiger partial charge in [-0.05, 0) is 26.8 Å². The molecule has 4 heteroatoms. The van der Waals surface area contributed by atoms with Crippen LogP contribution in [0.5, 0.6) is 0 Å². The van der Waals surface area contributed by atoms with Gasteiger partial charge in [0.1, 0.15) is 11.5 Å². The lowest BCUT2D eigenvalue weighted by molar-refractivity contribution is 0.112. The van der Waals surface area contributed by atoms with Crippen molar-refractivity contribution in [2.75, 3.05) is 0 Å². The van der Waals surface area contributed by atoms with Gasteiger partial charge >= 0.3 is 0 Å². The van der Waals surface area contributed by atoms with Crippen LogP contribution in [0.3, 0.4) is 0 Å². The summed E-state index contributed by atoms with van der Waals surface area (Å²) in [7, 11) is 1.89. The van der Waals surface area contributed by atoms with Gasteiger partial charge in [-0.15, -0.1) is 0 Å². The molecule has 0 N–H and O–H groups in total. The van der Waals surface area contributed by atoms with Crippen molar-refractivity contribution in [2.45, 2.75) is 20.8 Å². The molecule has 4 nitrogen and oxygen atoms in total. The lowest BCUT2D eigenvalue weighted by Gasteiger charge is -1.96. The van der Waals surface area contributed by atoms with E-state index in [0.29, 0.717) is 17.1 Å². The number of carbonyl (C=O) groups excluding carboxylic acids is 1. The van der Waals surface area contributed by atoms with Gasteiger partial charge in [-0.3, -0.25) is 9.48 Å². The molecule has 0 spiro atoms. The highest BCUT2D eigenvalue weighted by Crippen LogP contribution is 2.29. The average Bonchev–Trinajstić information content (AvgIpc) is 2.69. The molecule has 0 amide bonds. The number of aromatic nitrogens is 2. The molecule has 16 heavy (non-hydrogen) atoms. The molecule has 2 aromatic rings. The van der Waals surface area contributed by atoms with E-state index in [2.05, 4.69) is 5.10 Å². The topological polar surface area (TPSA) is 48.0 Å². The van der Waals surface area contributed by atoms with Gasteiger partial charge in [-0.2, -0.15) is 5.10 Å². The van der Waals surface area contributed by atoms with Crippen LogP contribution < -0.4 is 0 Å². The van der Waals surface area contributed by atoms with Crippen LogP contribution in [0.1, 0.15) is 27.5 Å². The van der Waals surface area contributed by atoms with Gasteiger partial charge < -0.3 is 4.42 Å². The summed E-state index contributed by atoms with van der Waals surface area (Å²) in [4.78, 5) is 10.8. The van der Waals surface area contributed by atoms with Gasteiger partial charge in [0.25, 0.3) is 0 Å². The van der Waals surface area contributed by atoms with Crippen LogP contribution in [0.15, 0.2) is 10.5 Å². The number of rotatable bonds is 2. The second-order valence-electron chi connectivity index (χ2n) is 3.91. The summed E-state index contributed by atoms with van der Waals surface area (Å²) in [5, 5.41) is 4.32. The molecular formula is C12H14N2O2. The molecule has 0 unspecified atom stereocenters. The van der Waals surface area contributed by atoms with Crippen LogP contribution in [0.25, 0.3) is 11.3 Å². The van der Waals surface area contributed by atoms with Gasteiger partial charge in [0.15, 0.2) is 6.29 Å². The summed E-state index contributed by atoms with van der Waals surface area (Å²) in [5.41, 5.74) is 3.51. The van der Waals surface area contributed by atoms with Gasteiger partial charge in [-0.1, -0.05) is 0 Å². The predicted molar refractivity (Wildman–Crippen MR) is 60.5 cm³/mol. The van der Waals surface area contributed by atoms with E-state index in [1.165, 1.54) is 0 Å². The number of aryl methyl sites for hydroxylation is 3. The third-order valence-electron chi connectivity index (χ3n) is 2.84. The Morgan fingerprint density at radius 3 is 2.50 bits per heavy atom. The number of hydrogen-bond donors (Lipinski definition) is 0. The smallest absolute Gasteiger partial charge is 0.153 e. The Kier molecular flexibility index (Phi) is 2.42. The van der Waals surface area contributed by atoms with E-state index in [0.717, 1.165) is 23.2 Å². The zero-order chi connectivity index (χ0) is 11.9. The van der Waals surface area contributed by atoms with Crippen molar-refractivity contribution in [3.8, 4) is 11.3 Å². The summed E-state index contributed by atoms with van der Waals surface area (Å²) in [6.07, 6.45) is 0.809. The third-order valence-corrected chi connectivity index (χ3v) is 2.84. The monoisotopic (exact) mass is 218 g/mol. The van der Waals surface area contributed by atoms with Gasteiger partial charge in [-0.25, -0.2) is 0 Å². The van der Waals surface area contributed by atoms with Crippen molar-refractivity contribution in [1.29, 1.82) is 0 Å². The first-order valence-corrected chi connectivity index (χ1v) is 5.10. The molecule has 0 fully saturated rings. The first-order chi connectivity index (χ1) is 7.54. The Morgan fingerprint density at radius 2 is 2.06 bits per heavy atom. The van der Waals surface area contributed by atoms with Crippen LogP contribution in [0.2, 0.25) is 0 Å².